The van der Waals surface area contributed by atoms with Gasteiger partial charge in [0.25, 0.3) is 5.69 Å². The summed E-state index contributed by atoms with van der Waals surface area (Å²) < 4.78 is 0. The zero-order chi connectivity index (χ0) is 23.3. The van der Waals surface area contributed by atoms with Gasteiger partial charge in [-0.2, -0.15) is 0 Å². The molecule has 0 saturated heterocycles. The molecule has 2 rings (SSSR count). The van der Waals surface area contributed by atoms with Crippen molar-refractivity contribution in [2.75, 3.05) is 0 Å². The number of rotatable bonds is 6. The SMILES string of the molecule is CCC(C)(C)c1ccc(O)c(C(C)(C)CC)c1.O=[N+]([O-])c1ccc(O)c([N+](=O)[O-])c1. The molecule has 8 heteroatoms. The molecule has 0 heterocycles. The molecule has 0 amide bonds. The maximum Gasteiger partial charge on any atom is 0.317 e. The summed E-state index contributed by atoms with van der Waals surface area (Å²) in [6, 6.07) is 8.68. The van der Waals surface area contributed by atoms with Crippen LogP contribution < -0.4 is 0 Å². The summed E-state index contributed by atoms with van der Waals surface area (Å²) >= 11 is 0. The van der Waals surface area contributed by atoms with Gasteiger partial charge in [0.1, 0.15) is 5.75 Å². The summed E-state index contributed by atoms with van der Waals surface area (Å²) in [5.74, 6) is -0.164. The molecule has 0 aliphatic carbocycles. The molecular weight excluding hydrogens is 388 g/mol. The average molecular weight is 418 g/mol. The van der Waals surface area contributed by atoms with Crippen LogP contribution >= 0.6 is 0 Å². The zero-order valence-electron chi connectivity index (χ0n) is 18.3. The van der Waals surface area contributed by atoms with E-state index in [4.69, 9.17) is 5.11 Å². The Morgan fingerprint density at radius 2 is 1.33 bits per heavy atom. The smallest absolute Gasteiger partial charge is 0.317 e. The van der Waals surface area contributed by atoms with Crippen LogP contribution in [0.2, 0.25) is 0 Å². The Hall–Kier alpha value is -3.16. The summed E-state index contributed by atoms with van der Waals surface area (Å²) in [6.45, 7) is 13.2. The minimum Gasteiger partial charge on any atom is -0.508 e. The van der Waals surface area contributed by atoms with Crippen molar-refractivity contribution < 1.29 is 20.1 Å². The van der Waals surface area contributed by atoms with Crippen LogP contribution in [0, 0.1) is 20.2 Å². The molecule has 0 unspecified atom stereocenters. The van der Waals surface area contributed by atoms with E-state index in [0.29, 0.717) is 11.8 Å². The average Bonchev–Trinajstić information content (AvgIpc) is 2.68. The second-order valence-electron chi connectivity index (χ2n) is 8.39. The molecule has 0 aliphatic rings. The molecule has 0 bridgehead atoms. The molecule has 2 N–H and O–H groups in total. The number of phenolic OH excluding ortho intramolecular Hbond substituents is 2. The number of phenols is 2. The van der Waals surface area contributed by atoms with Gasteiger partial charge in [-0.05, 0) is 46.9 Å². The molecule has 8 nitrogen and oxygen atoms in total. The number of hydrogen-bond donors (Lipinski definition) is 2. The van der Waals surface area contributed by atoms with Crippen LogP contribution in [0.5, 0.6) is 11.5 Å². The normalized spacial score (nSPS) is 11.4. The molecule has 0 aliphatic heterocycles. The Morgan fingerprint density at radius 1 is 0.800 bits per heavy atom. The number of hydrogen-bond acceptors (Lipinski definition) is 6. The number of nitro groups is 2. The quantitative estimate of drug-likeness (QED) is 0.439. The molecule has 0 aromatic heterocycles. The molecule has 2 aromatic rings. The van der Waals surface area contributed by atoms with Gasteiger partial charge in [0, 0.05) is 6.07 Å². The third kappa shape index (κ3) is 5.92. The Bertz CT molecular complexity index is 922. The lowest BCUT2D eigenvalue weighted by Gasteiger charge is -2.29. The van der Waals surface area contributed by atoms with Gasteiger partial charge in [0.2, 0.25) is 0 Å². The zero-order valence-corrected chi connectivity index (χ0v) is 18.3. The van der Waals surface area contributed by atoms with E-state index >= 15 is 0 Å². The van der Waals surface area contributed by atoms with Gasteiger partial charge in [-0.25, -0.2) is 0 Å². The van der Waals surface area contributed by atoms with Gasteiger partial charge in [-0.1, -0.05) is 53.7 Å². The van der Waals surface area contributed by atoms with E-state index in [-0.39, 0.29) is 10.8 Å². The third-order valence-corrected chi connectivity index (χ3v) is 5.64. The molecular formula is C22H30N2O6. The monoisotopic (exact) mass is 418 g/mol. The minimum atomic E-state index is -0.887. The number of benzene rings is 2. The van der Waals surface area contributed by atoms with Crippen molar-refractivity contribution in [2.45, 2.75) is 65.2 Å². The van der Waals surface area contributed by atoms with Crippen molar-refractivity contribution in [3.05, 3.63) is 67.8 Å². The molecule has 0 radical (unpaired) electrons. The van der Waals surface area contributed by atoms with Crippen LogP contribution in [0.25, 0.3) is 0 Å². The lowest BCUT2D eigenvalue weighted by atomic mass is 9.76. The Morgan fingerprint density at radius 3 is 1.80 bits per heavy atom. The van der Waals surface area contributed by atoms with Crippen molar-refractivity contribution in [3.8, 4) is 11.5 Å². The van der Waals surface area contributed by atoms with Crippen molar-refractivity contribution >= 4 is 11.4 Å². The van der Waals surface area contributed by atoms with Gasteiger partial charge in [-0.3, -0.25) is 20.2 Å². The second-order valence-corrected chi connectivity index (χ2v) is 8.39. The summed E-state index contributed by atoms with van der Waals surface area (Å²) in [4.78, 5) is 18.7. The van der Waals surface area contributed by atoms with Crippen LogP contribution in [-0.4, -0.2) is 20.1 Å². The van der Waals surface area contributed by atoms with E-state index in [2.05, 4.69) is 47.6 Å². The highest BCUT2D eigenvalue weighted by molar-refractivity contribution is 5.52. The Labute approximate surface area is 176 Å². The number of aromatic hydroxyl groups is 2. The van der Waals surface area contributed by atoms with E-state index in [1.54, 1.807) is 0 Å². The summed E-state index contributed by atoms with van der Waals surface area (Å²) in [6.07, 6.45) is 2.13. The fourth-order valence-corrected chi connectivity index (χ4v) is 2.67. The minimum absolute atomic E-state index is 0.0317. The first kappa shape index (κ1) is 24.9. The summed E-state index contributed by atoms with van der Waals surface area (Å²) in [5.41, 5.74) is 1.49. The molecule has 0 fully saturated rings. The molecule has 0 atom stereocenters. The van der Waals surface area contributed by atoms with E-state index in [1.165, 1.54) is 5.56 Å². The Balaban J connectivity index is 0.000000311. The lowest BCUT2D eigenvalue weighted by Crippen LogP contribution is -2.20. The van der Waals surface area contributed by atoms with Gasteiger partial charge in [-0.15, -0.1) is 0 Å². The molecule has 164 valence electrons. The van der Waals surface area contributed by atoms with Gasteiger partial charge < -0.3 is 10.2 Å². The van der Waals surface area contributed by atoms with E-state index in [0.717, 1.165) is 30.5 Å². The van der Waals surface area contributed by atoms with Gasteiger partial charge in [0.05, 0.1) is 15.9 Å². The third-order valence-electron chi connectivity index (χ3n) is 5.64. The van der Waals surface area contributed by atoms with E-state index < -0.39 is 27.0 Å². The highest BCUT2D eigenvalue weighted by atomic mass is 16.6. The van der Waals surface area contributed by atoms with Gasteiger partial charge >= 0.3 is 5.69 Å². The number of nitro benzene ring substituents is 2. The first-order valence-corrected chi connectivity index (χ1v) is 9.72. The van der Waals surface area contributed by atoms with Crippen molar-refractivity contribution in [1.82, 2.24) is 0 Å². The summed E-state index contributed by atoms with van der Waals surface area (Å²) in [5, 5.41) is 39.4. The van der Waals surface area contributed by atoms with Crippen molar-refractivity contribution in [2.24, 2.45) is 0 Å². The number of nitrogens with zero attached hydrogens (tertiary/aromatic N) is 2. The largest absolute Gasteiger partial charge is 0.508 e. The topological polar surface area (TPSA) is 127 Å². The summed E-state index contributed by atoms with van der Waals surface area (Å²) in [7, 11) is 0. The fourth-order valence-electron chi connectivity index (χ4n) is 2.67. The molecule has 30 heavy (non-hydrogen) atoms. The Kier molecular flexibility index (Phi) is 7.93. The predicted octanol–water partition coefficient (Wildman–Crippen LogP) is 5.98. The maximum absolute atomic E-state index is 10.2. The van der Waals surface area contributed by atoms with E-state index in [1.807, 2.05) is 12.1 Å². The lowest BCUT2D eigenvalue weighted by molar-refractivity contribution is -0.394. The second kappa shape index (κ2) is 9.56. The standard InChI is InChI=1S/C16H26O.C6H4N2O5/c1-7-15(3,4)12-9-10-14(17)13(11-12)16(5,6)8-2;9-6-2-1-4(7(10)11)3-5(6)8(12)13/h9-11,17H,7-8H2,1-6H3;1-3,9H. The van der Waals surface area contributed by atoms with Crippen LogP contribution in [-0.2, 0) is 10.8 Å². The fraction of sp³-hybridized carbons (Fsp3) is 0.455. The van der Waals surface area contributed by atoms with Crippen LogP contribution in [0.1, 0.15) is 65.5 Å². The van der Waals surface area contributed by atoms with Gasteiger partial charge in [0.15, 0.2) is 5.75 Å². The predicted molar refractivity (Wildman–Crippen MR) is 116 cm³/mol. The van der Waals surface area contributed by atoms with Crippen LogP contribution in [0.3, 0.4) is 0 Å². The first-order valence-electron chi connectivity index (χ1n) is 9.72. The highest BCUT2D eigenvalue weighted by Crippen LogP contribution is 2.37. The van der Waals surface area contributed by atoms with Crippen LogP contribution in [0.15, 0.2) is 36.4 Å². The first-order chi connectivity index (χ1) is 13.8. The van der Waals surface area contributed by atoms with Crippen molar-refractivity contribution in [1.29, 1.82) is 0 Å². The molecule has 2 aromatic carbocycles. The highest BCUT2D eigenvalue weighted by Gasteiger charge is 2.25. The maximum atomic E-state index is 10.2. The molecule has 0 spiro atoms. The van der Waals surface area contributed by atoms with Crippen molar-refractivity contribution in [3.63, 3.8) is 0 Å². The van der Waals surface area contributed by atoms with E-state index in [9.17, 15) is 25.3 Å². The number of non-ortho nitro benzene ring substituents is 1. The molecule has 0 saturated carbocycles. The van der Waals surface area contributed by atoms with Crippen LogP contribution in [0.4, 0.5) is 11.4 Å².